The van der Waals surface area contributed by atoms with Crippen LogP contribution in [-0.2, 0) is 5.41 Å². The summed E-state index contributed by atoms with van der Waals surface area (Å²) in [6, 6.07) is 31.7. The van der Waals surface area contributed by atoms with E-state index in [0.29, 0.717) is 0 Å². The van der Waals surface area contributed by atoms with Crippen LogP contribution in [0.4, 0.5) is 0 Å². The summed E-state index contributed by atoms with van der Waals surface area (Å²) in [4.78, 5) is 9.43. The number of halogens is 1. The molecule has 0 saturated carbocycles. The lowest BCUT2D eigenvalue weighted by Gasteiger charge is -2.32. The molecule has 2 aromatic heterocycles. The molecule has 1 aliphatic carbocycles. The Hall–Kier alpha value is -3.49. The summed E-state index contributed by atoms with van der Waals surface area (Å²) < 4.78 is 0. The van der Waals surface area contributed by atoms with Crippen molar-refractivity contribution >= 4 is 22.5 Å². The molecule has 142 valence electrons. The van der Waals surface area contributed by atoms with E-state index in [1.807, 2.05) is 18.3 Å². The van der Waals surface area contributed by atoms with Gasteiger partial charge in [0.2, 0.25) is 0 Å². The van der Waals surface area contributed by atoms with Crippen molar-refractivity contribution in [2.24, 2.45) is 0 Å². The Labute approximate surface area is 179 Å². The van der Waals surface area contributed by atoms with Gasteiger partial charge in [0.15, 0.2) is 0 Å². The monoisotopic (exact) mass is 404 g/mol. The van der Waals surface area contributed by atoms with E-state index in [2.05, 4.69) is 83.8 Å². The molecule has 0 saturated heterocycles. The van der Waals surface area contributed by atoms with Crippen LogP contribution in [0.2, 0.25) is 5.02 Å². The van der Waals surface area contributed by atoms with Crippen molar-refractivity contribution < 1.29 is 0 Å². The first-order valence-electron chi connectivity index (χ1n) is 9.95. The average Bonchev–Trinajstić information content (AvgIpc) is 3.10. The van der Waals surface area contributed by atoms with E-state index < -0.39 is 5.41 Å². The van der Waals surface area contributed by atoms with Gasteiger partial charge in [-0.2, -0.15) is 0 Å². The molecule has 1 atom stereocenters. The molecule has 2 heterocycles. The third-order valence-corrected chi connectivity index (χ3v) is 6.33. The number of aromatic nitrogens is 2. The van der Waals surface area contributed by atoms with Crippen LogP contribution < -0.4 is 0 Å². The summed E-state index contributed by atoms with van der Waals surface area (Å²) in [7, 11) is 0. The van der Waals surface area contributed by atoms with E-state index >= 15 is 0 Å². The summed E-state index contributed by atoms with van der Waals surface area (Å²) in [6.45, 7) is 0. The molecule has 0 amide bonds. The molecule has 0 fully saturated rings. The minimum absolute atomic E-state index is 0.512. The molecule has 3 heteroatoms. The van der Waals surface area contributed by atoms with Gasteiger partial charge in [0.05, 0.1) is 22.8 Å². The number of pyridine rings is 2. The molecule has 5 aromatic rings. The summed E-state index contributed by atoms with van der Waals surface area (Å²) >= 11 is 6.43. The van der Waals surface area contributed by atoms with E-state index in [0.717, 1.165) is 27.2 Å². The van der Waals surface area contributed by atoms with Crippen molar-refractivity contribution in [3.05, 3.63) is 131 Å². The maximum atomic E-state index is 6.43. The zero-order valence-corrected chi connectivity index (χ0v) is 16.8. The third-order valence-electron chi connectivity index (χ3n) is 6.09. The highest BCUT2D eigenvalue weighted by molar-refractivity contribution is 6.31. The van der Waals surface area contributed by atoms with Gasteiger partial charge >= 0.3 is 0 Å². The molecule has 0 aliphatic heterocycles. The van der Waals surface area contributed by atoms with Crippen LogP contribution in [0.5, 0.6) is 0 Å². The largest absolute Gasteiger partial charge is 0.262 e. The van der Waals surface area contributed by atoms with Gasteiger partial charge < -0.3 is 0 Å². The first-order valence-corrected chi connectivity index (χ1v) is 10.3. The molecule has 0 radical (unpaired) electrons. The van der Waals surface area contributed by atoms with Crippen LogP contribution in [0.1, 0.15) is 22.4 Å². The second kappa shape index (κ2) is 6.51. The van der Waals surface area contributed by atoms with Gasteiger partial charge in [-0.1, -0.05) is 78.3 Å². The lowest BCUT2D eigenvalue weighted by Crippen LogP contribution is -2.29. The standard InChI is InChI=1S/C27H17ClN2/c28-20-11-12-24-22(16-20)21-8-4-5-9-23(21)27(24,19-6-2-1-3-7-19)26-13-10-18-14-15-29-17-25(18)30-26/h1-17H. The molecule has 30 heavy (non-hydrogen) atoms. The molecule has 1 aliphatic rings. The van der Waals surface area contributed by atoms with Crippen LogP contribution in [0, 0.1) is 0 Å². The van der Waals surface area contributed by atoms with Gasteiger partial charge in [0.1, 0.15) is 0 Å². The fraction of sp³-hybridized carbons (Fsp3) is 0.0370. The van der Waals surface area contributed by atoms with Crippen molar-refractivity contribution in [2.45, 2.75) is 5.41 Å². The molecule has 0 bridgehead atoms. The second-order valence-electron chi connectivity index (χ2n) is 7.62. The minimum atomic E-state index is -0.512. The smallest absolute Gasteiger partial charge is 0.0889 e. The Morgan fingerprint density at radius 3 is 2.40 bits per heavy atom. The van der Waals surface area contributed by atoms with Crippen LogP contribution in [0.3, 0.4) is 0 Å². The fourth-order valence-electron chi connectivity index (χ4n) is 4.86. The van der Waals surface area contributed by atoms with E-state index in [9.17, 15) is 0 Å². The van der Waals surface area contributed by atoms with Crippen molar-refractivity contribution in [1.29, 1.82) is 0 Å². The molecule has 3 aromatic carbocycles. The summed E-state index contributed by atoms with van der Waals surface area (Å²) in [5.74, 6) is 0. The van der Waals surface area contributed by atoms with Crippen LogP contribution in [-0.4, -0.2) is 9.97 Å². The van der Waals surface area contributed by atoms with Gasteiger partial charge in [0, 0.05) is 16.6 Å². The Balaban J connectivity index is 1.79. The SMILES string of the molecule is Clc1ccc2c(c1)-c1ccccc1C2(c1ccccc1)c1ccc2ccncc2n1. The predicted molar refractivity (Wildman–Crippen MR) is 122 cm³/mol. The van der Waals surface area contributed by atoms with Gasteiger partial charge in [-0.15, -0.1) is 0 Å². The Bertz CT molecular complexity index is 1410. The van der Waals surface area contributed by atoms with E-state index in [-0.39, 0.29) is 0 Å². The van der Waals surface area contributed by atoms with Crippen molar-refractivity contribution in [3.8, 4) is 11.1 Å². The lowest BCUT2D eigenvalue weighted by molar-refractivity contribution is 0.739. The third kappa shape index (κ3) is 2.31. The number of fused-ring (bicyclic) bond motifs is 4. The molecule has 0 spiro atoms. The van der Waals surface area contributed by atoms with E-state index in [4.69, 9.17) is 16.6 Å². The zero-order chi connectivity index (χ0) is 20.1. The highest BCUT2D eigenvalue weighted by Gasteiger charge is 2.47. The quantitative estimate of drug-likeness (QED) is 0.323. The van der Waals surface area contributed by atoms with E-state index in [1.54, 1.807) is 6.20 Å². The number of hydrogen-bond acceptors (Lipinski definition) is 2. The molecule has 1 unspecified atom stereocenters. The maximum Gasteiger partial charge on any atom is 0.0889 e. The van der Waals surface area contributed by atoms with Crippen LogP contribution in [0.25, 0.3) is 22.0 Å². The minimum Gasteiger partial charge on any atom is -0.262 e. The first-order chi connectivity index (χ1) is 14.8. The van der Waals surface area contributed by atoms with Crippen LogP contribution in [0.15, 0.2) is 103 Å². The number of rotatable bonds is 2. The van der Waals surface area contributed by atoms with Gasteiger partial charge in [-0.3, -0.25) is 4.98 Å². The fourth-order valence-corrected chi connectivity index (χ4v) is 5.03. The molecular formula is C27H17ClN2. The Morgan fingerprint density at radius 2 is 1.50 bits per heavy atom. The summed E-state index contributed by atoms with van der Waals surface area (Å²) in [5, 5.41) is 1.82. The van der Waals surface area contributed by atoms with E-state index in [1.165, 1.54) is 22.3 Å². The Kier molecular flexibility index (Phi) is 3.77. The van der Waals surface area contributed by atoms with Crippen molar-refractivity contribution in [2.75, 3.05) is 0 Å². The van der Waals surface area contributed by atoms with Gasteiger partial charge in [0.25, 0.3) is 0 Å². The second-order valence-corrected chi connectivity index (χ2v) is 8.05. The zero-order valence-electron chi connectivity index (χ0n) is 16.1. The van der Waals surface area contributed by atoms with Crippen molar-refractivity contribution in [3.63, 3.8) is 0 Å². The normalized spacial score (nSPS) is 17.0. The number of hydrogen-bond donors (Lipinski definition) is 0. The van der Waals surface area contributed by atoms with Crippen molar-refractivity contribution in [1.82, 2.24) is 9.97 Å². The maximum absolute atomic E-state index is 6.43. The predicted octanol–water partition coefficient (Wildman–Crippen LogP) is 6.65. The number of nitrogens with zero attached hydrogens (tertiary/aromatic N) is 2. The highest BCUT2D eigenvalue weighted by Crippen LogP contribution is 2.56. The Morgan fingerprint density at radius 1 is 0.700 bits per heavy atom. The highest BCUT2D eigenvalue weighted by atomic mass is 35.5. The van der Waals surface area contributed by atoms with Gasteiger partial charge in [-0.05, 0) is 52.1 Å². The molecular weight excluding hydrogens is 388 g/mol. The topological polar surface area (TPSA) is 25.8 Å². The summed E-state index contributed by atoms with van der Waals surface area (Å²) in [6.07, 6.45) is 3.64. The summed E-state index contributed by atoms with van der Waals surface area (Å²) in [5.41, 5.74) is 7.35. The molecule has 6 rings (SSSR count). The van der Waals surface area contributed by atoms with Gasteiger partial charge in [-0.25, -0.2) is 4.98 Å². The average molecular weight is 405 g/mol. The number of benzene rings is 3. The molecule has 0 N–H and O–H groups in total. The first kappa shape index (κ1) is 17.4. The lowest BCUT2D eigenvalue weighted by atomic mass is 9.70. The molecule has 2 nitrogen and oxygen atoms in total. The van der Waals surface area contributed by atoms with Crippen LogP contribution >= 0.6 is 11.6 Å².